The van der Waals surface area contributed by atoms with E-state index in [1.54, 1.807) is 7.11 Å². The first kappa shape index (κ1) is 9.40. The molecule has 0 saturated carbocycles. The van der Waals surface area contributed by atoms with Gasteiger partial charge in [0.15, 0.2) is 4.73 Å². The van der Waals surface area contributed by atoms with Crippen LogP contribution in [0.25, 0.3) is 10.9 Å². The summed E-state index contributed by atoms with van der Waals surface area (Å²) in [6.45, 7) is 1.96. The Hall–Kier alpha value is -1.16. The van der Waals surface area contributed by atoms with Crippen LogP contribution in [0.4, 0.5) is 0 Å². The largest absolute Gasteiger partial charge is 0.497 e. The molecule has 14 heavy (non-hydrogen) atoms. The molecular formula is C10H9BrN2O. The van der Waals surface area contributed by atoms with Crippen molar-refractivity contribution < 1.29 is 4.74 Å². The summed E-state index contributed by atoms with van der Waals surface area (Å²) >= 11 is 3.27. The number of halogens is 1. The Kier molecular flexibility index (Phi) is 2.37. The Morgan fingerprint density at radius 1 is 1.29 bits per heavy atom. The van der Waals surface area contributed by atoms with Crippen molar-refractivity contribution in [2.45, 2.75) is 6.92 Å². The van der Waals surface area contributed by atoms with Crippen LogP contribution in [0.2, 0.25) is 0 Å². The second-order valence-electron chi connectivity index (χ2n) is 2.96. The van der Waals surface area contributed by atoms with Crippen molar-refractivity contribution in [1.29, 1.82) is 0 Å². The molecular weight excluding hydrogens is 244 g/mol. The second kappa shape index (κ2) is 3.53. The van der Waals surface area contributed by atoms with Gasteiger partial charge < -0.3 is 4.74 Å². The Morgan fingerprint density at radius 2 is 2.07 bits per heavy atom. The number of aryl methyl sites for hydroxylation is 1. The molecule has 0 fully saturated rings. The van der Waals surface area contributed by atoms with E-state index in [1.165, 1.54) is 0 Å². The summed E-state index contributed by atoms with van der Waals surface area (Å²) in [6, 6.07) is 5.78. The maximum absolute atomic E-state index is 5.13. The lowest BCUT2D eigenvalue weighted by Crippen LogP contribution is -1.91. The van der Waals surface area contributed by atoms with Crippen molar-refractivity contribution >= 4 is 26.8 Å². The third-order valence-corrected chi connectivity index (χ3v) is 2.42. The molecule has 0 aliphatic heterocycles. The lowest BCUT2D eigenvalue weighted by Gasteiger charge is -2.04. The molecule has 0 amide bonds. The molecule has 2 aromatic rings. The summed E-state index contributed by atoms with van der Waals surface area (Å²) in [7, 11) is 1.64. The fraction of sp³-hybridized carbons (Fsp3) is 0.200. The molecule has 0 spiro atoms. The number of hydrogen-bond acceptors (Lipinski definition) is 3. The molecule has 1 aromatic carbocycles. The highest BCUT2D eigenvalue weighted by Crippen LogP contribution is 2.22. The molecule has 72 valence electrons. The Bertz CT molecular complexity index is 485. The second-order valence-corrected chi connectivity index (χ2v) is 3.67. The van der Waals surface area contributed by atoms with Gasteiger partial charge in [0.05, 0.1) is 12.6 Å². The van der Waals surface area contributed by atoms with Crippen LogP contribution in [0, 0.1) is 6.92 Å². The summed E-state index contributed by atoms with van der Waals surface area (Å²) < 4.78 is 5.73. The van der Waals surface area contributed by atoms with Crippen LogP contribution in [0.1, 0.15) is 5.69 Å². The number of aromatic nitrogens is 2. The van der Waals surface area contributed by atoms with E-state index in [-0.39, 0.29) is 0 Å². The average molecular weight is 253 g/mol. The van der Waals surface area contributed by atoms with Crippen molar-refractivity contribution in [3.8, 4) is 5.75 Å². The molecule has 0 N–H and O–H groups in total. The maximum Gasteiger partial charge on any atom is 0.197 e. The molecule has 0 saturated heterocycles. The third kappa shape index (κ3) is 1.57. The van der Waals surface area contributed by atoms with E-state index in [2.05, 4.69) is 25.9 Å². The molecule has 0 aliphatic carbocycles. The van der Waals surface area contributed by atoms with E-state index < -0.39 is 0 Å². The fourth-order valence-corrected chi connectivity index (χ4v) is 1.82. The van der Waals surface area contributed by atoms with Gasteiger partial charge in [0.25, 0.3) is 0 Å². The SMILES string of the molecule is COc1ccc2c(C)nc(Br)nc2c1. The number of hydrogen-bond donors (Lipinski definition) is 0. The van der Waals surface area contributed by atoms with Crippen molar-refractivity contribution in [2.24, 2.45) is 0 Å². The van der Waals surface area contributed by atoms with Gasteiger partial charge in [0.2, 0.25) is 0 Å². The minimum atomic E-state index is 0.607. The van der Waals surface area contributed by atoms with Crippen LogP contribution in [0.3, 0.4) is 0 Å². The van der Waals surface area contributed by atoms with Crippen molar-refractivity contribution in [3.05, 3.63) is 28.6 Å². The minimum absolute atomic E-state index is 0.607. The zero-order chi connectivity index (χ0) is 10.1. The van der Waals surface area contributed by atoms with Crippen molar-refractivity contribution in [1.82, 2.24) is 9.97 Å². The topological polar surface area (TPSA) is 35.0 Å². The highest BCUT2D eigenvalue weighted by molar-refractivity contribution is 9.10. The van der Waals surface area contributed by atoms with Crippen LogP contribution < -0.4 is 4.74 Å². The summed E-state index contributed by atoms with van der Waals surface area (Å²) in [4.78, 5) is 8.49. The lowest BCUT2D eigenvalue weighted by molar-refractivity contribution is 0.415. The molecule has 4 heteroatoms. The third-order valence-electron chi connectivity index (χ3n) is 2.07. The van der Waals surface area contributed by atoms with Gasteiger partial charge in [-0.25, -0.2) is 9.97 Å². The van der Waals surface area contributed by atoms with Gasteiger partial charge in [0, 0.05) is 17.1 Å². The first-order valence-electron chi connectivity index (χ1n) is 4.18. The summed E-state index contributed by atoms with van der Waals surface area (Å²) in [5, 5.41) is 1.05. The van der Waals surface area contributed by atoms with E-state index in [1.807, 2.05) is 25.1 Å². The number of methoxy groups -OCH3 is 1. The highest BCUT2D eigenvalue weighted by Gasteiger charge is 2.03. The number of benzene rings is 1. The smallest absolute Gasteiger partial charge is 0.197 e. The molecule has 0 aliphatic rings. The summed E-state index contributed by atoms with van der Waals surface area (Å²) in [6.07, 6.45) is 0. The van der Waals surface area contributed by atoms with Gasteiger partial charge in [-0.3, -0.25) is 0 Å². The Balaban J connectivity index is 2.75. The molecule has 3 nitrogen and oxygen atoms in total. The van der Waals surface area contributed by atoms with Gasteiger partial charge in [0.1, 0.15) is 5.75 Å². The van der Waals surface area contributed by atoms with Gasteiger partial charge in [-0.15, -0.1) is 0 Å². The molecule has 1 heterocycles. The molecule has 2 rings (SSSR count). The van der Waals surface area contributed by atoms with Gasteiger partial charge >= 0.3 is 0 Å². The molecule has 0 atom stereocenters. The predicted octanol–water partition coefficient (Wildman–Crippen LogP) is 2.71. The Morgan fingerprint density at radius 3 is 2.79 bits per heavy atom. The normalized spacial score (nSPS) is 10.5. The first-order valence-corrected chi connectivity index (χ1v) is 4.98. The van der Waals surface area contributed by atoms with Crippen LogP contribution in [0.15, 0.2) is 22.9 Å². The van der Waals surface area contributed by atoms with Crippen molar-refractivity contribution in [2.75, 3.05) is 7.11 Å². The van der Waals surface area contributed by atoms with E-state index in [4.69, 9.17) is 4.74 Å². The van der Waals surface area contributed by atoms with Crippen LogP contribution in [-0.2, 0) is 0 Å². The van der Waals surface area contributed by atoms with E-state index in [0.717, 1.165) is 22.3 Å². The van der Waals surface area contributed by atoms with Crippen LogP contribution in [0.5, 0.6) is 5.75 Å². The number of fused-ring (bicyclic) bond motifs is 1. The van der Waals surface area contributed by atoms with Crippen LogP contribution in [-0.4, -0.2) is 17.1 Å². The highest BCUT2D eigenvalue weighted by atomic mass is 79.9. The number of nitrogens with zero attached hydrogens (tertiary/aromatic N) is 2. The molecule has 1 aromatic heterocycles. The van der Waals surface area contributed by atoms with Crippen molar-refractivity contribution in [3.63, 3.8) is 0 Å². The fourth-order valence-electron chi connectivity index (χ4n) is 1.36. The first-order chi connectivity index (χ1) is 6.70. The average Bonchev–Trinajstić information content (AvgIpc) is 2.16. The monoisotopic (exact) mass is 252 g/mol. The van der Waals surface area contributed by atoms with Gasteiger partial charge in [-0.2, -0.15) is 0 Å². The Labute approximate surface area is 90.3 Å². The van der Waals surface area contributed by atoms with Gasteiger partial charge in [-0.05, 0) is 35.0 Å². The zero-order valence-electron chi connectivity index (χ0n) is 7.91. The zero-order valence-corrected chi connectivity index (χ0v) is 9.50. The predicted molar refractivity (Wildman–Crippen MR) is 58.5 cm³/mol. The van der Waals surface area contributed by atoms with E-state index in [9.17, 15) is 0 Å². The number of rotatable bonds is 1. The van der Waals surface area contributed by atoms with E-state index >= 15 is 0 Å². The number of ether oxygens (including phenoxy) is 1. The quantitative estimate of drug-likeness (QED) is 0.733. The molecule has 0 radical (unpaired) electrons. The van der Waals surface area contributed by atoms with E-state index in [0.29, 0.717) is 4.73 Å². The molecule has 0 unspecified atom stereocenters. The standard InChI is InChI=1S/C10H9BrN2O/c1-6-8-4-3-7(14-2)5-9(8)13-10(11)12-6/h3-5H,1-2H3. The van der Waals surface area contributed by atoms with Crippen LogP contribution >= 0.6 is 15.9 Å². The lowest BCUT2D eigenvalue weighted by atomic mass is 10.2. The summed E-state index contributed by atoms with van der Waals surface area (Å²) in [5.41, 5.74) is 1.85. The minimum Gasteiger partial charge on any atom is -0.497 e. The molecule has 0 bridgehead atoms. The van der Waals surface area contributed by atoms with Gasteiger partial charge in [-0.1, -0.05) is 0 Å². The summed E-state index contributed by atoms with van der Waals surface area (Å²) in [5.74, 6) is 0.808. The maximum atomic E-state index is 5.13.